The van der Waals surface area contributed by atoms with Crippen LogP contribution < -0.4 is 5.32 Å². The second-order valence-electron chi connectivity index (χ2n) is 4.83. The largest absolute Gasteiger partial charge is 0.481 e. The van der Waals surface area contributed by atoms with E-state index in [-0.39, 0.29) is 12.0 Å². The van der Waals surface area contributed by atoms with Gasteiger partial charge in [0.05, 0.1) is 5.92 Å². The maximum absolute atomic E-state index is 10.8. The Bertz CT molecular complexity index is 200. The van der Waals surface area contributed by atoms with Crippen LogP contribution in [0.3, 0.4) is 0 Å². The number of carboxylic acids is 1. The lowest BCUT2D eigenvalue weighted by atomic mass is 9.89. The van der Waals surface area contributed by atoms with Gasteiger partial charge in [-0.25, -0.2) is 0 Å². The molecule has 1 fully saturated rings. The van der Waals surface area contributed by atoms with Gasteiger partial charge in [-0.05, 0) is 32.2 Å². The van der Waals surface area contributed by atoms with E-state index in [1.165, 1.54) is 32.1 Å². The first-order valence-corrected chi connectivity index (χ1v) is 6.07. The zero-order valence-electron chi connectivity index (χ0n) is 9.83. The van der Waals surface area contributed by atoms with Crippen molar-refractivity contribution in [1.82, 2.24) is 5.32 Å². The first kappa shape index (κ1) is 12.5. The topological polar surface area (TPSA) is 49.3 Å². The fourth-order valence-electron chi connectivity index (χ4n) is 2.13. The molecule has 0 radical (unpaired) electrons. The molecule has 0 aromatic rings. The van der Waals surface area contributed by atoms with Crippen LogP contribution in [0, 0.1) is 11.8 Å². The molecule has 0 bridgehead atoms. The van der Waals surface area contributed by atoms with Gasteiger partial charge in [0.2, 0.25) is 0 Å². The SMILES string of the molecule is CC(NCC1CCCCC1)C(C)C(=O)O. The third-order valence-corrected chi connectivity index (χ3v) is 3.59. The number of hydrogen-bond donors (Lipinski definition) is 2. The molecule has 1 saturated carbocycles. The van der Waals surface area contributed by atoms with Crippen LogP contribution in [-0.4, -0.2) is 23.7 Å². The average molecular weight is 213 g/mol. The first-order chi connectivity index (χ1) is 7.11. The lowest BCUT2D eigenvalue weighted by Crippen LogP contribution is -2.39. The highest BCUT2D eigenvalue weighted by Crippen LogP contribution is 2.23. The number of carbonyl (C=O) groups is 1. The Labute approximate surface area is 92.3 Å². The maximum atomic E-state index is 10.8. The van der Waals surface area contributed by atoms with Gasteiger partial charge >= 0.3 is 5.97 Å². The monoisotopic (exact) mass is 213 g/mol. The van der Waals surface area contributed by atoms with Crippen molar-refractivity contribution >= 4 is 5.97 Å². The Kier molecular flexibility index (Phi) is 5.09. The van der Waals surface area contributed by atoms with Crippen LogP contribution in [0.1, 0.15) is 46.0 Å². The molecule has 2 atom stereocenters. The third-order valence-electron chi connectivity index (χ3n) is 3.59. The molecule has 0 aromatic heterocycles. The Morgan fingerprint density at radius 3 is 2.47 bits per heavy atom. The van der Waals surface area contributed by atoms with Crippen molar-refractivity contribution in [1.29, 1.82) is 0 Å². The molecule has 3 heteroatoms. The Morgan fingerprint density at radius 1 is 1.33 bits per heavy atom. The highest BCUT2D eigenvalue weighted by atomic mass is 16.4. The molecule has 1 aliphatic carbocycles. The summed E-state index contributed by atoms with van der Waals surface area (Å²) in [6.07, 6.45) is 6.67. The smallest absolute Gasteiger partial charge is 0.307 e. The summed E-state index contributed by atoms with van der Waals surface area (Å²) in [6, 6.07) is 0.0735. The van der Waals surface area contributed by atoms with Gasteiger partial charge in [-0.1, -0.05) is 26.2 Å². The van der Waals surface area contributed by atoms with E-state index in [0.29, 0.717) is 0 Å². The second-order valence-corrected chi connectivity index (χ2v) is 4.83. The summed E-state index contributed by atoms with van der Waals surface area (Å²) in [6.45, 7) is 4.71. The predicted molar refractivity (Wildman–Crippen MR) is 60.8 cm³/mol. The molecule has 0 amide bonds. The minimum Gasteiger partial charge on any atom is -0.481 e. The minimum absolute atomic E-state index is 0.0735. The van der Waals surface area contributed by atoms with Crippen molar-refractivity contribution in [3.63, 3.8) is 0 Å². The Hall–Kier alpha value is -0.570. The summed E-state index contributed by atoms with van der Waals surface area (Å²) in [4.78, 5) is 10.8. The number of rotatable bonds is 5. The van der Waals surface area contributed by atoms with Gasteiger partial charge in [-0.15, -0.1) is 0 Å². The van der Waals surface area contributed by atoms with Crippen LogP contribution in [-0.2, 0) is 4.79 Å². The van der Waals surface area contributed by atoms with Crippen LogP contribution in [0.5, 0.6) is 0 Å². The van der Waals surface area contributed by atoms with E-state index in [4.69, 9.17) is 5.11 Å². The Morgan fingerprint density at radius 2 is 1.93 bits per heavy atom. The molecule has 0 saturated heterocycles. The van der Waals surface area contributed by atoms with Crippen LogP contribution >= 0.6 is 0 Å². The molecule has 0 aliphatic heterocycles. The predicted octanol–water partition coefficient (Wildman–Crippen LogP) is 2.27. The van der Waals surface area contributed by atoms with Gasteiger partial charge in [0.1, 0.15) is 0 Å². The number of hydrogen-bond acceptors (Lipinski definition) is 2. The zero-order chi connectivity index (χ0) is 11.3. The van der Waals surface area contributed by atoms with Crippen LogP contribution in [0.2, 0.25) is 0 Å². The van der Waals surface area contributed by atoms with Crippen molar-refractivity contribution in [3.8, 4) is 0 Å². The van der Waals surface area contributed by atoms with Crippen LogP contribution in [0.25, 0.3) is 0 Å². The summed E-state index contributed by atoms with van der Waals surface area (Å²) in [5, 5.41) is 12.2. The fourth-order valence-corrected chi connectivity index (χ4v) is 2.13. The van der Waals surface area contributed by atoms with E-state index in [9.17, 15) is 4.79 Å². The summed E-state index contributed by atoms with van der Waals surface area (Å²) in [5.41, 5.74) is 0. The van der Waals surface area contributed by atoms with Gasteiger partial charge < -0.3 is 10.4 Å². The van der Waals surface area contributed by atoms with Crippen molar-refractivity contribution < 1.29 is 9.90 Å². The van der Waals surface area contributed by atoms with Crippen LogP contribution in [0.15, 0.2) is 0 Å². The molecule has 0 heterocycles. The standard InChI is InChI=1S/C12H23NO2/c1-9(12(14)15)10(2)13-8-11-6-4-3-5-7-11/h9-11,13H,3-8H2,1-2H3,(H,14,15). The molecule has 3 nitrogen and oxygen atoms in total. The minimum atomic E-state index is -0.710. The summed E-state index contributed by atoms with van der Waals surface area (Å²) < 4.78 is 0. The van der Waals surface area contributed by atoms with Gasteiger partial charge in [-0.2, -0.15) is 0 Å². The molecular weight excluding hydrogens is 190 g/mol. The summed E-state index contributed by atoms with van der Waals surface area (Å²) >= 11 is 0. The molecule has 0 aromatic carbocycles. The molecule has 15 heavy (non-hydrogen) atoms. The van der Waals surface area contributed by atoms with E-state index >= 15 is 0 Å². The lowest BCUT2D eigenvalue weighted by Gasteiger charge is -2.25. The van der Waals surface area contributed by atoms with E-state index in [1.807, 2.05) is 6.92 Å². The molecule has 1 aliphatic rings. The van der Waals surface area contributed by atoms with E-state index in [2.05, 4.69) is 5.32 Å². The number of aliphatic carboxylic acids is 1. The molecule has 1 rings (SSSR count). The highest BCUT2D eigenvalue weighted by Gasteiger charge is 2.20. The zero-order valence-corrected chi connectivity index (χ0v) is 9.83. The first-order valence-electron chi connectivity index (χ1n) is 6.07. The molecule has 2 N–H and O–H groups in total. The summed E-state index contributed by atoms with van der Waals surface area (Å²) in [5.74, 6) is -0.241. The van der Waals surface area contributed by atoms with Gasteiger partial charge in [0.15, 0.2) is 0 Å². The Balaban J connectivity index is 2.20. The molecule has 0 spiro atoms. The van der Waals surface area contributed by atoms with E-state index in [1.54, 1.807) is 6.92 Å². The molecular formula is C12H23NO2. The number of nitrogens with one attached hydrogen (secondary N) is 1. The molecule has 88 valence electrons. The number of carboxylic acid groups (broad SMARTS) is 1. The van der Waals surface area contributed by atoms with Gasteiger partial charge in [0.25, 0.3) is 0 Å². The average Bonchev–Trinajstić information content (AvgIpc) is 2.26. The van der Waals surface area contributed by atoms with Crippen molar-refractivity contribution in [2.24, 2.45) is 11.8 Å². The van der Waals surface area contributed by atoms with Crippen molar-refractivity contribution in [2.45, 2.75) is 52.0 Å². The normalized spacial score (nSPS) is 22.3. The highest BCUT2D eigenvalue weighted by molar-refractivity contribution is 5.70. The third kappa shape index (κ3) is 4.20. The second kappa shape index (κ2) is 6.11. The van der Waals surface area contributed by atoms with Crippen molar-refractivity contribution in [2.75, 3.05) is 6.54 Å². The quantitative estimate of drug-likeness (QED) is 0.736. The van der Waals surface area contributed by atoms with E-state index < -0.39 is 5.97 Å². The summed E-state index contributed by atoms with van der Waals surface area (Å²) in [7, 11) is 0. The van der Waals surface area contributed by atoms with Gasteiger partial charge in [0, 0.05) is 6.04 Å². The van der Waals surface area contributed by atoms with Gasteiger partial charge in [-0.3, -0.25) is 4.79 Å². The fraction of sp³-hybridized carbons (Fsp3) is 0.917. The lowest BCUT2D eigenvalue weighted by molar-refractivity contribution is -0.141. The van der Waals surface area contributed by atoms with Crippen molar-refractivity contribution in [3.05, 3.63) is 0 Å². The van der Waals surface area contributed by atoms with Crippen LogP contribution in [0.4, 0.5) is 0 Å². The van der Waals surface area contributed by atoms with E-state index in [0.717, 1.165) is 12.5 Å². The molecule has 2 unspecified atom stereocenters. The maximum Gasteiger partial charge on any atom is 0.307 e.